The SMILES string of the molecule is CCCCCOc1ccc(/C(O)=C2/C(=O)C(=O)N(CCN(C)C)C2c2cccc(C)c2)cc1. The molecule has 1 aliphatic heterocycles. The van der Waals surface area contributed by atoms with Gasteiger partial charge < -0.3 is 19.6 Å². The van der Waals surface area contributed by atoms with Gasteiger partial charge >= 0.3 is 0 Å². The number of likely N-dealkylation sites (N-methyl/N-ethyl adjacent to an activating group) is 1. The minimum atomic E-state index is -0.655. The van der Waals surface area contributed by atoms with Crippen LogP contribution in [0.2, 0.25) is 0 Å². The number of aryl methyl sites for hydroxylation is 1. The third kappa shape index (κ3) is 5.82. The van der Waals surface area contributed by atoms with Crippen LogP contribution in [0.15, 0.2) is 54.1 Å². The van der Waals surface area contributed by atoms with E-state index in [9.17, 15) is 14.7 Å². The number of likely N-dealkylation sites (tertiary alicyclic amines) is 1. The van der Waals surface area contributed by atoms with Crippen LogP contribution in [0.25, 0.3) is 5.76 Å². The Bertz CT molecular complexity index is 1010. The lowest BCUT2D eigenvalue weighted by Crippen LogP contribution is -2.35. The number of aliphatic hydroxyl groups is 1. The number of amides is 1. The molecule has 0 spiro atoms. The standard InChI is InChI=1S/C27H34N2O4/c1-5-6-7-17-33-22-13-11-20(12-14-22)25(30)23-24(21-10-8-9-19(2)18-21)29(16-15-28(3)4)27(32)26(23)31/h8-14,18,24,30H,5-7,15-17H2,1-4H3/b25-23-. The van der Waals surface area contributed by atoms with Gasteiger partial charge in [-0.15, -0.1) is 0 Å². The minimum Gasteiger partial charge on any atom is -0.507 e. The van der Waals surface area contributed by atoms with Crippen molar-refractivity contribution in [2.45, 2.75) is 39.2 Å². The van der Waals surface area contributed by atoms with Gasteiger partial charge in [-0.25, -0.2) is 0 Å². The second-order valence-corrected chi connectivity index (χ2v) is 8.79. The number of carbonyl (C=O) groups excluding carboxylic acids is 2. The summed E-state index contributed by atoms with van der Waals surface area (Å²) >= 11 is 0. The van der Waals surface area contributed by atoms with Crippen LogP contribution in [0.3, 0.4) is 0 Å². The summed E-state index contributed by atoms with van der Waals surface area (Å²) in [6.45, 7) is 5.75. The van der Waals surface area contributed by atoms with Crippen molar-refractivity contribution in [2.75, 3.05) is 33.8 Å². The molecule has 3 rings (SSSR count). The molecule has 0 aliphatic carbocycles. The number of hydrogen-bond donors (Lipinski definition) is 1. The number of aliphatic hydroxyl groups excluding tert-OH is 1. The van der Waals surface area contributed by atoms with E-state index in [2.05, 4.69) is 6.92 Å². The van der Waals surface area contributed by atoms with E-state index in [0.29, 0.717) is 31.0 Å². The fourth-order valence-electron chi connectivity index (χ4n) is 4.01. The molecule has 2 aromatic carbocycles. The molecule has 1 fully saturated rings. The molecular weight excluding hydrogens is 416 g/mol. The summed E-state index contributed by atoms with van der Waals surface area (Å²) in [6.07, 6.45) is 3.24. The number of ketones is 1. The van der Waals surface area contributed by atoms with E-state index in [1.165, 1.54) is 0 Å². The normalized spacial score (nSPS) is 17.7. The fraction of sp³-hybridized carbons (Fsp3) is 0.407. The van der Waals surface area contributed by atoms with Crippen LogP contribution in [0.4, 0.5) is 0 Å². The summed E-state index contributed by atoms with van der Waals surface area (Å²) in [4.78, 5) is 29.5. The molecule has 6 nitrogen and oxygen atoms in total. The molecule has 0 aromatic heterocycles. The van der Waals surface area contributed by atoms with E-state index < -0.39 is 17.7 Å². The van der Waals surface area contributed by atoms with E-state index >= 15 is 0 Å². The molecule has 33 heavy (non-hydrogen) atoms. The van der Waals surface area contributed by atoms with Crippen molar-refractivity contribution in [1.82, 2.24) is 9.80 Å². The predicted molar refractivity (Wildman–Crippen MR) is 130 cm³/mol. The molecule has 1 unspecified atom stereocenters. The Morgan fingerprint density at radius 1 is 1.09 bits per heavy atom. The van der Waals surface area contributed by atoms with Crippen LogP contribution in [0.1, 0.15) is 48.9 Å². The molecule has 1 saturated heterocycles. The van der Waals surface area contributed by atoms with Crippen LogP contribution in [-0.2, 0) is 9.59 Å². The quantitative estimate of drug-likeness (QED) is 0.249. The number of benzene rings is 2. The van der Waals surface area contributed by atoms with E-state index in [0.717, 1.165) is 30.4 Å². The van der Waals surface area contributed by atoms with Crippen molar-refractivity contribution in [3.8, 4) is 5.75 Å². The van der Waals surface area contributed by atoms with Crippen molar-refractivity contribution in [1.29, 1.82) is 0 Å². The number of Topliss-reactive ketones (excluding diaryl/α,β-unsaturated/α-hetero) is 1. The Hall–Kier alpha value is -3.12. The van der Waals surface area contributed by atoms with Gasteiger partial charge in [-0.3, -0.25) is 9.59 Å². The molecule has 1 N–H and O–H groups in total. The second kappa shape index (κ2) is 11.1. The Morgan fingerprint density at radius 3 is 2.45 bits per heavy atom. The van der Waals surface area contributed by atoms with Crippen molar-refractivity contribution >= 4 is 17.4 Å². The van der Waals surface area contributed by atoms with Gasteiger partial charge in [0.15, 0.2) is 0 Å². The zero-order valence-corrected chi connectivity index (χ0v) is 20.0. The highest BCUT2D eigenvalue weighted by Gasteiger charge is 2.45. The molecular formula is C27H34N2O4. The first-order valence-corrected chi connectivity index (χ1v) is 11.6. The Morgan fingerprint density at radius 2 is 1.82 bits per heavy atom. The summed E-state index contributed by atoms with van der Waals surface area (Å²) in [7, 11) is 3.84. The Balaban J connectivity index is 1.96. The van der Waals surface area contributed by atoms with Crippen LogP contribution < -0.4 is 4.74 Å². The summed E-state index contributed by atoms with van der Waals surface area (Å²) in [5.41, 5.74) is 2.45. The van der Waals surface area contributed by atoms with Crippen LogP contribution >= 0.6 is 0 Å². The van der Waals surface area contributed by atoms with Gasteiger partial charge in [0.25, 0.3) is 11.7 Å². The summed E-state index contributed by atoms with van der Waals surface area (Å²) < 4.78 is 5.75. The second-order valence-electron chi connectivity index (χ2n) is 8.79. The lowest BCUT2D eigenvalue weighted by atomic mass is 9.94. The first kappa shape index (κ1) is 24.5. The third-order valence-corrected chi connectivity index (χ3v) is 5.83. The van der Waals surface area contributed by atoms with E-state index in [1.807, 2.05) is 50.2 Å². The van der Waals surface area contributed by atoms with Crippen LogP contribution in [0, 0.1) is 6.92 Å². The molecule has 2 aromatic rings. The van der Waals surface area contributed by atoms with E-state index in [4.69, 9.17) is 4.74 Å². The number of hydrogen-bond acceptors (Lipinski definition) is 5. The molecule has 1 heterocycles. The lowest BCUT2D eigenvalue weighted by molar-refractivity contribution is -0.140. The van der Waals surface area contributed by atoms with Gasteiger partial charge in [0.05, 0.1) is 18.2 Å². The number of nitrogens with zero attached hydrogens (tertiary/aromatic N) is 2. The van der Waals surface area contributed by atoms with E-state index in [1.54, 1.807) is 29.2 Å². The van der Waals surface area contributed by atoms with Crippen LogP contribution in [0.5, 0.6) is 5.75 Å². The monoisotopic (exact) mass is 450 g/mol. The summed E-state index contributed by atoms with van der Waals surface area (Å²) in [5.74, 6) is -0.687. The number of rotatable bonds is 10. The lowest BCUT2D eigenvalue weighted by Gasteiger charge is -2.26. The van der Waals surface area contributed by atoms with Crippen molar-refractivity contribution in [3.05, 3.63) is 70.8 Å². The molecule has 0 saturated carbocycles. The van der Waals surface area contributed by atoms with Gasteiger partial charge in [0, 0.05) is 18.7 Å². The van der Waals surface area contributed by atoms with E-state index in [-0.39, 0.29) is 11.3 Å². The maximum Gasteiger partial charge on any atom is 0.295 e. The first-order chi connectivity index (χ1) is 15.8. The Labute approximate surface area is 196 Å². The van der Waals surface area contributed by atoms with Crippen LogP contribution in [-0.4, -0.2) is 60.4 Å². The largest absolute Gasteiger partial charge is 0.507 e. The average Bonchev–Trinajstić information content (AvgIpc) is 3.05. The van der Waals surface area contributed by atoms with Crippen molar-refractivity contribution in [3.63, 3.8) is 0 Å². The third-order valence-electron chi connectivity index (χ3n) is 5.83. The van der Waals surface area contributed by atoms with Gasteiger partial charge in [0.2, 0.25) is 0 Å². The maximum absolute atomic E-state index is 13.1. The summed E-state index contributed by atoms with van der Waals surface area (Å²) in [5, 5.41) is 11.2. The highest BCUT2D eigenvalue weighted by atomic mass is 16.5. The topological polar surface area (TPSA) is 70.1 Å². The Kier molecular flexibility index (Phi) is 8.28. The molecule has 0 bridgehead atoms. The summed E-state index contributed by atoms with van der Waals surface area (Å²) in [6, 6.07) is 14.1. The minimum absolute atomic E-state index is 0.126. The molecule has 176 valence electrons. The number of unbranched alkanes of at least 4 members (excludes halogenated alkanes) is 2. The van der Waals surface area contributed by atoms with Crippen molar-refractivity contribution in [2.24, 2.45) is 0 Å². The maximum atomic E-state index is 13.1. The van der Waals surface area contributed by atoms with Gasteiger partial charge in [-0.05, 0) is 57.3 Å². The van der Waals surface area contributed by atoms with Gasteiger partial charge in [-0.2, -0.15) is 0 Å². The smallest absolute Gasteiger partial charge is 0.295 e. The number of ether oxygens (including phenoxy) is 1. The average molecular weight is 451 g/mol. The molecule has 1 atom stereocenters. The highest BCUT2D eigenvalue weighted by molar-refractivity contribution is 6.46. The molecule has 1 amide bonds. The predicted octanol–water partition coefficient (Wildman–Crippen LogP) is 4.55. The van der Waals surface area contributed by atoms with Gasteiger partial charge in [0.1, 0.15) is 11.5 Å². The van der Waals surface area contributed by atoms with Gasteiger partial charge in [-0.1, -0.05) is 49.6 Å². The zero-order chi connectivity index (χ0) is 24.0. The number of carbonyl (C=O) groups is 2. The highest BCUT2D eigenvalue weighted by Crippen LogP contribution is 2.39. The van der Waals surface area contributed by atoms with Crippen molar-refractivity contribution < 1.29 is 19.4 Å². The fourth-order valence-corrected chi connectivity index (χ4v) is 4.01. The molecule has 0 radical (unpaired) electrons. The molecule has 6 heteroatoms. The zero-order valence-electron chi connectivity index (χ0n) is 20.0. The first-order valence-electron chi connectivity index (χ1n) is 11.6. The molecule has 1 aliphatic rings.